The van der Waals surface area contributed by atoms with Gasteiger partial charge in [0, 0.05) is 24.1 Å². The van der Waals surface area contributed by atoms with Gasteiger partial charge in [0.2, 0.25) is 11.6 Å². The molecule has 0 fully saturated rings. The van der Waals surface area contributed by atoms with Gasteiger partial charge in [-0.05, 0) is 34.0 Å². The highest BCUT2D eigenvalue weighted by molar-refractivity contribution is 9.10. The molecule has 0 radical (unpaired) electrons. The van der Waals surface area contributed by atoms with Gasteiger partial charge in [-0.15, -0.1) is 5.10 Å². The standard InChI is InChI=1S/C23H22BrN5O2S/c1-28-22-20(11-18(24)12-25-22)31-14-17(23(28)32)9-5-6-10-19(30)21-26-15-29(27-21)13-16-7-3-2-4-8-16/h2-5,7-9,11-12,15,17H,6,10,13-14H2,1H3/b9-5+/t17-/m0/s1. The monoisotopic (exact) mass is 511 g/mol. The van der Waals surface area contributed by atoms with Crippen molar-refractivity contribution in [2.24, 2.45) is 5.92 Å². The molecular formula is C23H22BrN5O2S. The van der Waals surface area contributed by atoms with Crippen molar-refractivity contribution in [3.05, 3.63) is 76.9 Å². The first-order chi connectivity index (χ1) is 15.5. The quantitative estimate of drug-likeness (QED) is 0.263. The van der Waals surface area contributed by atoms with Gasteiger partial charge in [-0.3, -0.25) is 4.79 Å². The van der Waals surface area contributed by atoms with Crippen molar-refractivity contribution in [1.29, 1.82) is 0 Å². The van der Waals surface area contributed by atoms with E-state index in [1.54, 1.807) is 17.2 Å². The number of thiocarbonyl (C=S) groups is 1. The first-order valence-corrected chi connectivity index (χ1v) is 11.4. The molecule has 0 spiro atoms. The zero-order valence-electron chi connectivity index (χ0n) is 17.5. The van der Waals surface area contributed by atoms with Crippen molar-refractivity contribution in [3.63, 3.8) is 0 Å². The minimum absolute atomic E-state index is 0.0821. The molecule has 9 heteroatoms. The number of carbonyl (C=O) groups is 1. The van der Waals surface area contributed by atoms with E-state index in [2.05, 4.69) is 31.0 Å². The fraction of sp³-hybridized carbons (Fsp3) is 0.261. The summed E-state index contributed by atoms with van der Waals surface area (Å²) in [5, 5.41) is 4.31. The highest BCUT2D eigenvalue weighted by atomic mass is 79.9. The van der Waals surface area contributed by atoms with Crippen LogP contribution in [0.3, 0.4) is 0 Å². The Balaban J connectivity index is 1.31. The molecule has 0 bridgehead atoms. The first kappa shape index (κ1) is 22.3. The number of hydrogen-bond donors (Lipinski definition) is 0. The third-order valence-electron chi connectivity index (χ3n) is 5.06. The summed E-state index contributed by atoms with van der Waals surface area (Å²) in [5.41, 5.74) is 1.11. The summed E-state index contributed by atoms with van der Waals surface area (Å²) in [5.74, 6) is 1.46. The zero-order chi connectivity index (χ0) is 22.5. The van der Waals surface area contributed by atoms with Crippen LogP contribution in [0.1, 0.15) is 29.0 Å². The number of hydrogen-bond acceptors (Lipinski definition) is 6. The summed E-state index contributed by atoms with van der Waals surface area (Å²) in [6.45, 7) is 1.01. The number of allylic oxidation sites excluding steroid dienone is 1. The highest BCUT2D eigenvalue weighted by Crippen LogP contribution is 2.32. The Hall–Kier alpha value is -2.91. The van der Waals surface area contributed by atoms with Crippen LogP contribution in [0, 0.1) is 5.92 Å². The molecule has 0 unspecified atom stereocenters. The van der Waals surface area contributed by atoms with Crippen LogP contribution < -0.4 is 9.64 Å². The molecule has 0 N–H and O–H groups in total. The van der Waals surface area contributed by atoms with Gasteiger partial charge in [-0.1, -0.05) is 54.7 Å². The van der Waals surface area contributed by atoms with Gasteiger partial charge < -0.3 is 9.64 Å². The molecule has 0 saturated heterocycles. The van der Waals surface area contributed by atoms with E-state index in [1.807, 2.05) is 60.5 Å². The van der Waals surface area contributed by atoms with Crippen molar-refractivity contribution in [3.8, 4) is 5.75 Å². The summed E-state index contributed by atoms with van der Waals surface area (Å²) < 4.78 is 8.45. The van der Waals surface area contributed by atoms with E-state index in [-0.39, 0.29) is 17.5 Å². The highest BCUT2D eigenvalue weighted by Gasteiger charge is 2.25. The molecule has 1 aliphatic rings. The van der Waals surface area contributed by atoms with Crippen molar-refractivity contribution >= 4 is 44.7 Å². The van der Waals surface area contributed by atoms with Crippen LogP contribution in [-0.2, 0) is 6.54 Å². The van der Waals surface area contributed by atoms with Crippen molar-refractivity contribution in [2.45, 2.75) is 19.4 Å². The summed E-state index contributed by atoms with van der Waals surface area (Å²) in [6.07, 6.45) is 8.18. The molecule has 4 rings (SSSR count). The number of pyridine rings is 1. The zero-order valence-corrected chi connectivity index (χ0v) is 19.9. The molecule has 1 aromatic carbocycles. The average Bonchev–Trinajstić information content (AvgIpc) is 3.22. The predicted molar refractivity (Wildman–Crippen MR) is 130 cm³/mol. The van der Waals surface area contributed by atoms with Crippen LogP contribution in [0.25, 0.3) is 0 Å². The van der Waals surface area contributed by atoms with Gasteiger partial charge in [0.25, 0.3) is 0 Å². The number of ether oxygens (including phenoxy) is 1. The van der Waals surface area contributed by atoms with E-state index in [1.165, 1.54) is 0 Å². The summed E-state index contributed by atoms with van der Waals surface area (Å²) in [6, 6.07) is 11.8. The fourth-order valence-electron chi connectivity index (χ4n) is 3.37. The number of rotatable bonds is 7. The van der Waals surface area contributed by atoms with Crippen LogP contribution in [0.5, 0.6) is 5.75 Å². The lowest BCUT2D eigenvalue weighted by atomic mass is 10.1. The SMILES string of the molecule is CN1C(=S)[C@@H](/C=C/CCC(=O)c2ncn(Cc3ccccc3)n2)COc2cc(Br)cnc21. The number of halogens is 1. The van der Waals surface area contributed by atoms with Gasteiger partial charge in [0.05, 0.1) is 17.5 Å². The lowest BCUT2D eigenvalue weighted by molar-refractivity contribution is 0.0973. The third-order valence-corrected chi connectivity index (χ3v) is 6.07. The first-order valence-electron chi connectivity index (χ1n) is 10.2. The number of fused-ring (bicyclic) bond motifs is 1. The third kappa shape index (κ3) is 5.28. The smallest absolute Gasteiger partial charge is 0.217 e. The van der Waals surface area contributed by atoms with Crippen molar-refractivity contribution in [2.75, 3.05) is 18.6 Å². The maximum absolute atomic E-state index is 12.5. The van der Waals surface area contributed by atoms with E-state index in [4.69, 9.17) is 17.0 Å². The summed E-state index contributed by atoms with van der Waals surface area (Å²) in [4.78, 5) is 23.6. The number of ketones is 1. The minimum Gasteiger partial charge on any atom is -0.489 e. The Labute approximate surface area is 200 Å². The molecule has 1 aliphatic heterocycles. The molecule has 164 valence electrons. The minimum atomic E-state index is -0.0836. The molecule has 1 atom stereocenters. The van der Waals surface area contributed by atoms with Gasteiger partial charge in [-0.2, -0.15) is 0 Å². The van der Waals surface area contributed by atoms with Crippen LogP contribution in [0.2, 0.25) is 0 Å². The van der Waals surface area contributed by atoms with E-state index in [9.17, 15) is 4.79 Å². The maximum atomic E-state index is 12.5. The number of anilines is 1. The Morgan fingerprint density at radius 2 is 2.12 bits per heavy atom. The topological polar surface area (TPSA) is 73.1 Å². The van der Waals surface area contributed by atoms with Crippen LogP contribution in [0.4, 0.5) is 5.82 Å². The number of Topliss-reactive ketones (excluding diaryl/α,β-unsaturated/α-hetero) is 1. The molecule has 0 amide bonds. The van der Waals surface area contributed by atoms with E-state index in [0.29, 0.717) is 37.6 Å². The lowest BCUT2D eigenvalue weighted by Crippen LogP contribution is -2.31. The number of nitrogens with zero attached hydrogens (tertiary/aromatic N) is 5. The largest absolute Gasteiger partial charge is 0.489 e. The van der Waals surface area contributed by atoms with Gasteiger partial charge in [0.15, 0.2) is 11.6 Å². The Morgan fingerprint density at radius 3 is 2.94 bits per heavy atom. The van der Waals surface area contributed by atoms with Crippen molar-refractivity contribution in [1.82, 2.24) is 19.7 Å². The molecule has 7 nitrogen and oxygen atoms in total. The Bertz CT molecular complexity index is 1150. The van der Waals surface area contributed by atoms with Crippen molar-refractivity contribution < 1.29 is 9.53 Å². The van der Waals surface area contributed by atoms with Crippen LogP contribution in [0.15, 0.2) is 65.5 Å². The molecule has 3 heterocycles. The lowest BCUT2D eigenvalue weighted by Gasteiger charge is -2.20. The van der Waals surface area contributed by atoms with E-state index in [0.717, 1.165) is 15.0 Å². The van der Waals surface area contributed by atoms with E-state index >= 15 is 0 Å². The number of benzene rings is 1. The average molecular weight is 512 g/mol. The van der Waals surface area contributed by atoms with Gasteiger partial charge in [0.1, 0.15) is 12.9 Å². The fourth-order valence-corrected chi connectivity index (χ4v) is 3.91. The normalized spacial score (nSPS) is 16.0. The second-order valence-electron chi connectivity index (χ2n) is 7.43. The molecule has 0 aliphatic carbocycles. The molecule has 32 heavy (non-hydrogen) atoms. The summed E-state index contributed by atoms with van der Waals surface area (Å²) in [7, 11) is 1.89. The van der Waals surface area contributed by atoms with Crippen LogP contribution in [-0.4, -0.2) is 44.2 Å². The number of carbonyl (C=O) groups excluding carboxylic acids is 1. The second kappa shape index (κ2) is 10.1. The van der Waals surface area contributed by atoms with Gasteiger partial charge >= 0.3 is 0 Å². The van der Waals surface area contributed by atoms with E-state index < -0.39 is 0 Å². The number of aromatic nitrogens is 4. The van der Waals surface area contributed by atoms with Gasteiger partial charge in [-0.25, -0.2) is 14.6 Å². The molecule has 0 saturated carbocycles. The van der Waals surface area contributed by atoms with Crippen LogP contribution >= 0.6 is 28.1 Å². The second-order valence-corrected chi connectivity index (χ2v) is 8.77. The predicted octanol–water partition coefficient (Wildman–Crippen LogP) is 4.48. The Morgan fingerprint density at radius 1 is 1.31 bits per heavy atom. The maximum Gasteiger partial charge on any atom is 0.217 e. The molecule has 3 aromatic rings. The Kier molecular flexibility index (Phi) is 7.06. The molecular weight excluding hydrogens is 490 g/mol. The molecule has 2 aromatic heterocycles. The summed E-state index contributed by atoms with van der Waals surface area (Å²) >= 11 is 9.05.